The molecule has 0 fully saturated rings. The standard InChI is InChI=1S/C23H34O2S/c1-4-5-14-21(24)15-10-7-11-16-23(26-3)19(2)22(25)18-17-20-12-8-6-9-13-20/h6,8-9,12-13,16-19,22,25H,4-5,7,10-11,14-15H2,1-3H3/b18-17+,23-16+/t19-,22+/m0/s1. The number of ketones is 1. The van der Waals surface area contributed by atoms with E-state index in [2.05, 4.69) is 26.2 Å². The molecule has 3 heteroatoms. The molecule has 2 nitrogen and oxygen atoms in total. The summed E-state index contributed by atoms with van der Waals surface area (Å²) in [5.41, 5.74) is 1.10. The molecule has 1 aromatic rings. The summed E-state index contributed by atoms with van der Waals surface area (Å²) in [7, 11) is 0. The second-order valence-corrected chi connectivity index (χ2v) is 7.63. The molecule has 144 valence electrons. The Bertz CT molecular complexity index is 563. The average molecular weight is 375 g/mol. The number of hydrogen-bond acceptors (Lipinski definition) is 3. The highest BCUT2D eigenvalue weighted by molar-refractivity contribution is 8.02. The Morgan fingerprint density at radius 2 is 1.85 bits per heavy atom. The number of unbranched alkanes of at least 4 members (excludes halogenated alkanes) is 3. The minimum Gasteiger partial charge on any atom is -0.388 e. The summed E-state index contributed by atoms with van der Waals surface area (Å²) in [5, 5.41) is 10.5. The van der Waals surface area contributed by atoms with Crippen LogP contribution in [0.4, 0.5) is 0 Å². The fraction of sp³-hybridized carbons (Fsp3) is 0.522. The van der Waals surface area contributed by atoms with Gasteiger partial charge in [0.15, 0.2) is 0 Å². The SMILES string of the molecule is CCCCC(=O)CCCC/C=C(/SC)[C@@H](C)[C@H](O)/C=C/c1ccccc1. The third-order valence-corrected chi connectivity index (χ3v) is 5.56. The van der Waals surface area contributed by atoms with Gasteiger partial charge < -0.3 is 5.11 Å². The highest BCUT2D eigenvalue weighted by atomic mass is 32.2. The maximum atomic E-state index is 11.7. The van der Waals surface area contributed by atoms with Crippen molar-refractivity contribution in [3.05, 3.63) is 53.0 Å². The Labute approximate surface area is 163 Å². The van der Waals surface area contributed by atoms with E-state index in [1.807, 2.05) is 42.5 Å². The van der Waals surface area contributed by atoms with Crippen LogP contribution in [0.3, 0.4) is 0 Å². The van der Waals surface area contributed by atoms with E-state index in [0.29, 0.717) is 12.2 Å². The fourth-order valence-corrected chi connectivity index (χ4v) is 3.57. The summed E-state index contributed by atoms with van der Waals surface area (Å²) in [4.78, 5) is 12.9. The summed E-state index contributed by atoms with van der Waals surface area (Å²) >= 11 is 1.70. The summed E-state index contributed by atoms with van der Waals surface area (Å²) < 4.78 is 0. The second kappa shape index (κ2) is 13.8. The van der Waals surface area contributed by atoms with E-state index in [1.54, 1.807) is 11.8 Å². The van der Waals surface area contributed by atoms with Gasteiger partial charge >= 0.3 is 0 Å². The van der Waals surface area contributed by atoms with E-state index in [9.17, 15) is 9.90 Å². The van der Waals surface area contributed by atoms with Gasteiger partial charge in [-0.1, -0.05) is 68.8 Å². The van der Waals surface area contributed by atoms with Crippen molar-refractivity contribution < 1.29 is 9.90 Å². The van der Waals surface area contributed by atoms with E-state index in [4.69, 9.17) is 0 Å². The van der Waals surface area contributed by atoms with Crippen molar-refractivity contribution in [3.8, 4) is 0 Å². The third-order valence-electron chi connectivity index (χ3n) is 4.55. The number of Topliss-reactive ketones (excluding diaryl/α,β-unsaturated/α-hetero) is 1. The van der Waals surface area contributed by atoms with E-state index >= 15 is 0 Å². The quantitative estimate of drug-likeness (QED) is 0.414. The van der Waals surface area contributed by atoms with Gasteiger partial charge in [0.1, 0.15) is 5.78 Å². The molecule has 0 heterocycles. The van der Waals surface area contributed by atoms with Crippen LogP contribution in [0.1, 0.15) is 64.4 Å². The van der Waals surface area contributed by atoms with E-state index in [-0.39, 0.29) is 5.92 Å². The van der Waals surface area contributed by atoms with Crippen molar-refractivity contribution in [1.82, 2.24) is 0 Å². The average Bonchev–Trinajstić information content (AvgIpc) is 2.67. The lowest BCUT2D eigenvalue weighted by molar-refractivity contribution is -0.119. The van der Waals surface area contributed by atoms with Gasteiger partial charge in [-0.25, -0.2) is 0 Å². The smallest absolute Gasteiger partial charge is 0.132 e. The van der Waals surface area contributed by atoms with Gasteiger partial charge in [-0.3, -0.25) is 4.79 Å². The zero-order chi connectivity index (χ0) is 19.2. The largest absolute Gasteiger partial charge is 0.388 e. The number of allylic oxidation sites excluding steroid dienone is 1. The van der Waals surface area contributed by atoms with E-state index in [1.165, 1.54) is 4.91 Å². The molecule has 26 heavy (non-hydrogen) atoms. The van der Waals surface area contributed by atoms with Crippen LogP contribution in [0.5, 0.6) is 0 Å². The molecule has 2 atom stereocenters. The van der Waals surface area contributed by atoms with Gasteiger partial charge in [0.05, 0.1) is 6.10 Å². The van der Waals surface area contributed by atoms with Gasteiger partial charge in [-0.2, -0.15) is 0 Å². The van der Waals surface area contributed by atoms with Crippen molar-refractivity contribution in [1.29, 1.82) is 0 Å². The summed E-state index contributed by atoms with van der Waals surface area (Å²) in [6.07, 6.45) is 14.1. The lowest BCUT2D eigenvalue weighted by Crippen LogP contribution is -2.15. The predicted octanol–water partition coefficient (Wildman–Crippen LogP) is 6.26. The van der Waals surface area contributed by atoms with E-state index < -0.39 is 6.10 Å². The minimum atomic E-state index is -0.496. The molecular weight excluding hydrogens is 340 g/mol. The van der Waals surface area contributed by atoms with Crippen LogP contribution in [0.2, 0.25) is 0 Å². The van der Waals surface area contributed by atoms with Gasteiger partial charge in [0, 0.05) is 18.8 Å². The first-order valence-corrected chi connectivity index (χ1v) is 11.0. The molecule has 0 spiro atoms. The first-order valence-electron chi connectivity index (χ1n) is 9.75. The Balaban J connectivity index is 2.41. The molecule has 0 aliphatic heterocycles. The van der Waals surface area contributed by atoms with Crippen LogP contribution in [-0.2, 0) is 4.79 Å². The molecule has 0 unspecified atom stereocenters. The van der Waals surface area contributed by atoms with Crippen LogP contribution in [0, 0.1) is 5.92 Å². The van der Waals surface area contributed by atoms with Crippen LogP contribution in [0.25, 0.3) is 6.08 Å². The number of hydrogen-bond donors (Lipinski definition) is 1. The first-order chi connectivity index (χ1) is 12.6. The number of thioether (sulfide) groups is 1. The maximum Gasteiger partial charge on any atom is 0.132 e. The second-order valence-electron chi connectivity index (χ2n) is 6.75. The first kappa shape index (κ1) is 22.7. The number of aliphatic hydroxyl groups excluding tert-OH is 1. The van der Waals surface area contributed by atoms with Crippen LogP contribution >= 0.6 is 11.8 Å². The number of aliphatic hydroxyl groups is 1. The van der Waals surface area contributed by atoms with Crippen LogP contribution < -0.4 is 0 Å². The summed E-state index contributed by atoms with van der Waals surface area (Å²) in [5.74, 6) is 0.479. The molecule has 0 aromatic heterocycles. The van der Waals surface area contributed by atoms with Crippen molar-refractivity contribution >= 4 is 23.6 Å². The number of benzene rings is 1. The highest BCUT2D eigenvalue weighted by Crippen LogP contribution is 2.26. The molecule has 1 N–H and O–H groups in total. The van der Waals surface area contributed by atoms with Gasteiger partial charge in [0.25, 0.3) is 0 Å². The van der Waals surface area contributed by atoms with Crippen molar-refractivity contribution in [2.24, 2.45) is 5.92 Å². The maximum absolute atomic E-state index is 11.7. The number of rotatable bonds is 13. The number of carbonyl (C=O) groups is 1. The molecule has 0 saturated carbocycles. The van der Waals surface area contributed by atoms with Crippen molar-refractivity contribution in [2.45, 2.75) is 64.9 Å². The lowest BCUT2D eigenvalue weighted by atomic mass is 10.0. The van der Waals surface area contributed by atoms with Crippen LogP contribution in [-0.4, -0.2) is 23.2 Å². The third kappa shape index (κ3) is 9.40. The topological polar surface area (TPSA) is 37.3 Å². The number of carbonyl (C=O) groups excluding carboxylic acids is 1. The highest BCUT2D eigenvalue weighted by Gasteiger charge is 2.15. The fourth-order valence-electron chi connectivity index (χ4n) is 2.77. The van der Waals surface area contributed by atoms with Crippen LogP contribution in [0.15, 0.2) is 47.4 Å². The molecule has 0 aliphatic carbocycles. The molecule has 1 aromatic carbocycles. The Kier molecular flexibility index (Phi) is 12.1. The summed E-state index contributed by atoms with van der Waals surface area (Å²) in [6, 6.07) is 10.0. The lowest BCUT2D eigenvalue weighted by Gasteiger charge is -2.18. The van der Waals surface area contributed by atoms with Crippen molar-refractivity contribution in [3.63, 3.8) is 0 Å². The zero-order valence-electron chi connectivity index (χ0n) is 16.5. The van der Waals surface area contributed by atoms with Gasteiger partial charge in [0.2, 0.25) is 0 Å². The van der Waals surface area contributed by atoms with Crippen molar-refractivity contribution in [2.75, 3.05) is 6.26 Å². The minimum absolute atomic E-state index is 0.0798. The predicted molar refractivity (Wildman–Crippen MR) is 115 cm³/mol. The van der Waals surface area contributed by atoms with Gasteiger partial charge in [-0.05, 0) is 42.4 Å². The van der Waals surface area contributed by atoms with Gasteiger partial charge in [-0.15, -0.1) is 11.8 Å². The normalized spacial score (nSPS) is 14.5. The Morgan fingerprint density at radius 1 is 1.15 bits per heavy atom. The Morgan fingerprint density at radius 3 is 2.50 bits per heavy atom. The molecule has 0 aliphatic rings. The zero-order valence-corrected chi connectivity index (χ0v) is 17.3. The molecule has 0 radical (unpaired) electrons. The molecule has 1 rings (SSSR count). The molecule has 0 amide bonds. The summed E-state index contributed by atoms with van der Waals surface area (Å²) in [6.45, 7) is 4.18. The Hall–Kier alpha value is -1.32. The molecular formula is C23H34O2S. The monoisotopic (exact) mass is 374 g/mol. The molecule has 0 bridgehead atoms. The van der Waals surface area contributed by atoms with E-state index in [0.717, 1.165) is 44.1 Å². The molecule has 0 saturated heterocycles.